The Bertz CT molecular complexity index is 1010. The Kier molecular flexibility index (Phi) is 10.7. The van der Waals surface area contributed by atoms with E-state index in [9.17, 15) is 34.5 Å². The Hall–Kier alpha value is -2.78. The highest BCUT2D eigenvalue weighted by molar-refractivity contribution is 5.70. The molecule has 232 valence electrons. The first-order valence-corrected chi connectivity index (χ1v) is 13.5. The van der Waals surface area contributed by atoms with Crippen molar-refractivity contribution >= 4 is 23.9 Å². The number of hydrogen-bond donors (Lipinski definition) is 3. The van der Waals surface area contributed by atoms with E-state index in [-0.39, 0.29) is 25.4 Å². The third kappa shape index (κ3) is 7.74. The average Bonchev–Trinajstić information content (AvgIpc) is 3.10. The molecule has 0 bridgehead atoms. The summed E-state index contributed by atoms with van der Waals surface area (Å²) in [4.78, 5) is 47.8. The predicted octanol–water partition coefficient (Wildman–Crippen LogP) is 0.0928. The third-order valence-electron chi connectivity index (χ3n) is 7.30. The molecule has 3 aliphatic rings. The smallest absolute Gasteiger partial charge is 0.309 e. The summed E-state index contributed by atoms with van der Waals surface area (Å²) in [6, 6.07) is 0. The van der Waals surface area contributed by atoms with Crippen LogP contribution in [0.15, 0.2) is 11.8 Å². The zero-order valence-corrected chi connectivity index (χ0v) is 24.0. The van der Waals surface area contributed by atoms with Gasteiger partial charge in [-0.1, -0.05) is 13.8 Å². The third-order valence-corrected chi connectivity index (χ3v) is 7.30. The minimum atomic E-state index is -1.65. The quantitative estimate of drug-likeness (QED) is 0.230. The van der Waals surface area contributed by atoms with Crippen LogP contribution in [0, 0.1) is 17.8 Å². The highest BCUT2D eigenvalue weighted by Crippen LogP contribution is 2.50. The van der Waals surface area contributed by atoms with Crippen LogP contribution in [0.4, 0.5) is 0 Å². The van der Waals surface area contributed by atoms with Gasteiger partial charge < -0.3 is 48.5 Å². The number of ether oxygens (including phenoxy) is 7. The topological polar surface area (TPSA) is 194 Å². The second-order valence-electron chi connectivity index (χ2n) is 11.2. The molecule has 10 atom stereocenters. The first-order valence-electron chi connectivity index (χ1n) is 13.5. The van der Waals surface area contributed by atoms with E-state index < -0.39 is 91.0 Å². The first kappa shape index (κ1) is 32.7. The van der Waals surface area contributed by atoms with E-state index in [2.05, 4.69) is 0 Å². The summed E-state index contributed by atoms with van der Waals surface area (Å²) >= 11 is 0. The van der Waals surface area contributed by atoms with Crippen molar-refractivity contribution in [1.29, 1.82) is 0 Å². The zero-order chi connectivity index (χ0) is 30.6. The summed E-state index contributed by atoms with van der Waals surface area (Å²) in [7, 11) is 0. The predicted molar refractivity (Wildman–Crippen MR) is 135 cm³/mol. The number of esters is 4. The van der Waals surface area contributed by atoms with E-state index in [1.165, 1.54) is 20.1 Å². The van der Waals surface area contributed by atoms with E-state index in [1.54, 1.807) is 0 Å². The van der Waals surface area contributed by atoms with Crippen molar-refractivity contribution in [3.63, 3.8) is 0 Å². The minimum Gasteiger partial charge on any atom is -0.462 e. The van der Waals surface area contributed by atoms with Crippen molar-refractivity contribution in [2.75, 3.05) is 13.2 Å². The van der Waals surface area contributed by atoms with Crippen LogP contribution < -0.4 is 0 Å². The molecule has 41 heavy (non-hydrogen) atoms. The van der Waals surface area contributed by atoms with Crippen molar-refractivity contribution < 1.29 is 67.7 Å². The van der Waals surface area contributed by atoms with Gasteiger partial charge in [0.2, 0.25) is 6.29 Å². The molecule has 0 aromatic carbocycles. The molecule has 0 spiro atoms. The van der Waals surface area contributed by atoms with E-state index in [4.69, 9.17) is 33.2 Å². The second kappa shape index (κ2) is 13.5. The van der Waals surface area contributed by atoms with Gasteiger partial charge in [0.05, 0.1) is 25.4 Å². The SMILES string of the molecule is CC(=O)O[C@@H]1[C@H](O)[C@H](CO)O[C@H](OCC2=CO[C@H](OC(=O)CC(C)C)[C@@H]3[C@H]2C[C@H](OC(C)=O)[C@@]3(C)O)[C@@H]1OC(C)=O. The Morgan fingerprint density at radius 1 is 1.00 bits per heavy atom. The average molecular weight is 589 g/mol. The summed E-state index contributed by atoms with van der Waals surface area (Å²) in [6.07, 6.45) is -7.45. The van der Waals surface area contributed by atoms with Gasteiger partial charge in [0, 0.05) is 33.1 Å². The van der Waals surface area contributed by atoms with Crippen molar-refractivity contribution in [2.45, 2.75) is 103 Å². The Labute approximate surface area is 237 Å². The first-order chi connectivity index (χ1) is 19.1. The second-order valence-corrected chi connectivity index (χ2v) is 11.2. The van der Waals surface area contributed by atoms with Crippen LogP contribution >= 0.6 is 0 Å². The molecule has 0 aromatic rings. The molecular weight excluding hydrogens is 548 g/mol. The Balaban J connectivity index is 1.87. The number of fused-ring (bicyclic) bond motifs is 1. The van der Waals surface area contributed by atoms with Crippen LogP contribution in [0.2, 0.25) is 0 Å². The van der Waals surface area contributed by atoms with Crippen LogP contribution in [0.25, 0.3) is 0 Å². The number of carbonyl (C=O) groups is 4. The summed E-state index contributed by atoms with van der Waals surface area (Å²) in [5.74, 6) is -4.01. The van der Waals surface area contributed by atoms with Crippen molar-refractivity contribution in [3.05, 3.63) is 11.8 Å². The summed E-state index contributed by atoms with van der Waals surface area (Å²) in [5.41, 5.74) is -1.17. The lowest BCUT2D eigenvalue weighted by molar-refractivity contribution is -0.304. The molecule has 14 nitrogen and oxygen atoms in total. The van der Waals surface area contributed by atoms with Gasteiger partial charge in [-0.2, -0.15) is 0 Å². The number of carbonyl (C=O) groups excluding carboxylic acids is 4. The molecule has 1 saturated heterocycles. The van der Waals surface area contributed by atoms with Gasteiger partial charge in [-0.3, -0.25) is 19.2 Å². The van der Waals surface area contributed by atoms with Crippen LogP contribution in [0.1, 0.15) is 54.4 Å². The summed E-state index contributed by atoms with van der Waals surface area (Å²) in [5, 5.41) is 31.8. The van der Waals surface area contributed by atoms with E-state index in [1.807, 2.05) is 13.8 Å². The van der Waals surface area contributed by atoms with Crippen LogP contribution in [-0.2, 0) is 52.3 Å². The fraction of sp³-hybridized carbons (Fsp3) is 0.778. The van der Waals surface area contributed by atoms with Gasteiger partial charge in [-0.25, -0.2) is 0 Å². The van der Waals surface area contributed by atoms with Crippen LogP contribution in [0.5, 0.6) is 0 Å². The van der Waals surface area contributed by atoms with E-state index in [0.717, 1.165) is 13.8 Å². The maximum Gasteiger partial charge on any atom is 0.309 e. The molecule has 0 aromatic heterocycles. The normalized spacial score (nSPS) is 36.4. The molecule has 3 N–H and O–H groups in total. The van der Waals surface area contributed by atoms with E-state index >= 15 is 0 Å². The number of aliphatic hydroxyl groups is 3. The molecule has 2 fully saturated rings. The molecule has 1 aliphatic carbocycles. The standard InChI is InChI=1S/C27H40O14/c1-12(2)7-20(32)41-25-21-17(8-19(27(21,6)34)37-13(3)29)16(10-35-25)11-36-26-24(39-15(5)31)23(38-14(4)30)22(33)18(9-28)40-26/h10,12,17-19,21-26,28,33-34H,7-9,11H2,1-6H3/t17-,18-,19-,21-,22+,23+,24+,25+,26-,27+/m0/s1. The van der Waals surface area contributed by atoms with Crippen molar-refractivity contribution in [1.82, 2.24) is 0 Å². The molecule has 2 heterocycles. The molecule has 0 unspecified atom stereocenters. The molecular formula is C27H40O14. The Morgan fingerprint density at radius 2 is 1.61 bits per heavy atom. The Morgan fingerprint density at radius 3 is 2.17 bits per heavy atom. The number of hydrogen-bond acceptors (Lipinski definition) is 14. The maximum absolute atomic E-state index is 12.5. The molecule has 2 aliphatic heterocycles. The van der Waals surface area contributed by atoms with Crippen molar-refractivity contribution in [2.24, 2.45) is 17.8 Å². The fourth-order valence-corrected chi connectivity index (χ4v) is 5.53. The van der Waals surface area contributed by atoms with Gasteiger partial charge in [0.1, 0.15) is 23.9 Å². The zero-order valence-electron chi connectivity index (χ0n) is 24.0. The lowest BCUT2D eigenvalue weighted by atomic mass is 9.81. The summed E-state index contributed by atoms with van der Waals surface area (Å²) < 4.78 is 38.8. The van der Waals surface area contributed by atoms with Gasteiger partial charge in [0.25, 0.3) is 0 Å². The van der Waals surface area contributed by atoms with Gasteiger partial charge >= 0.3 is 23.9 Å². The molecule has 14 heteroatoms. The molecule has 0 amide bonds. The molecule has 0 radical (unpaired) electrons. The largest absolute Gasteiger partial charge is 0.462 e. The summed E-state index contributed by atoms with van der Waals surface area (Å²) in [6.45, 7) is 7.73. The highest BCUT2D eigenvalue weighted by Gasteiger charge is 2.60. The lowest BCUT2D eigenvalue weighted by Crippen LogP contribution is -2.61. The maximum atomic E-state index is 12.5. The van der Waals surface area contributed by atoms with Gasteiger partial charge in [-0.15, -0.1) is 0 Å². The molecule has 3 rings (SSSR count). The van der Waals surface area contributed by atoms with Crippen LogP contribution in [-0.4, -0.2) is 101 Å². The fourth-order valence-electron chi connectivity index (χ4n) is 5.53. The minimum absolute atomic E-state index is 0.0250. The van der Waals surface area contributed by atoms with Gasteiger partial charge in [0.15, 0.2) is 18.5 Å². The number of aliphatic hydroxyl groups excluding tert-OH is 2. The highest BCUT2D eigenvalue weighted by atomic mass is 16.7. The van der Waals surface area contributed by atoms with Crippen molar-refractivity contribution in [3.8, 4) is 0 Å². The number of rotatable bonds is 10. The van der Waals surface area contributed by atoms with Crippen LogP contribution in [0.3, 0.4) is 0 Å². The monoisotopic (exact) mass is 588 g/mol. The molecule has 1 saturated carbocycles. The van der Waals surface area contributed by atoms with Gasteiger partial charge in [-0.05, 0) is 24.8 Å². The van der Waals surface area contributed by atoms with E-state index in [0.29, 0.717) is 5.57 Å². The lowest BCUT2D eigenvalue weighted by Gasteiger charge is -2.43.